The number of rotatable bonds is 4. The molecule has 17 heavy (non-hydrogen) atoms. The minimum atomic E-state index is 0.439. The lowest BCUT2D eigenvalue weighted by molar-refractivity contribution is 0.163. The van der Waals surface area contributed by atoms with Crippen molar-refractivity contribution in [3.8, 4) is 0 Å². The van der Waals surface area contributed by atoms with Gasteiger partial charge in [-0.3, -0.25) is 0 Å². The topological polar surface area (TPSA) is 24.5 Å². The molecule has 0 aromatic heterocycles. The van der Waals surface area contributed by atoms with Gasteiger partial charge in [-0.25, -0.2) is 0 Å². The van der Waals surface area contributed by atoms with Crippen LogP contribution in [-0.2, 0) is 4.74 Å². The number of nitrogens with zero attached hydrogens (tertiary/aromatic N) is 1. The van der Waals surface area contributed by atoms with E-state index in [2.05, 4.69) is 40.7 Å². The lowest BCUT2D eigenvalue weighted by Gasteiger charge is -2.35. The molecule has 0 aliphatic carbocycles. The highest BCUT2D eigenvalue weighted by Gasteiger charge is 2.19. The van der Waals surface area contributed by atoms with Crippen LogP contribution in [-0.4, -0.2) is 45.6 Å². The summed E-state index contributed by atoms with van der Waals surface area (Å²) in [6, 6.07) is 9.23. The van der Waals surface area contributed by atoms with Gasteiger partial charge in [0.1, 0.15) is 0 Å². The van der Waals surface area contributed by atoms with Crippen LogP contribution in [0.1, 0.15) is 0 Å². The molecule has 0 bridgehead atoms. The molecule has 1 N–H and O–H groups in total. The molecule has 1 atom stereocenters. The Hall–Kier alpha value is -0.710. The zero-order chi connectivity index (χ0) is 12.1. The minimum Gasteiger partial charge on any atom is -0.383 e. The second-order valence-electron chi connectivity index (χ2n) is 4.25. The maximum atomic E-state index is 5.21. The van der Waals surface area contributed by atoms with E-state index in [1.165, 1.54) is 10.6 Å². The molecule has 1 aliphatic rings. The fraction of sp³-hybridized carbons (Fsp3) is 0.538. The van der Waals surface area contributed by atoms with Crippen molar-refractivity contribution < 1.29 is 4.74 Å². The van der Waals surface area contributed by atoms with Crippen molar-refractivity contribution in [3.05, 3.63) is 24.3 Å². The molecule has 3 nitrogen and oxygen atoms in total. The molecule has 1 aromatic rings. The summed E-state index contributed by atoms with van der Waals surface area (Å²) in [7, 11) is 1.76. The van der Waals surface area contributed by atoms with Gasteiger partial charge in [-0.05, 0) is 30.5 Å². The highest BCUT2D eigenvalue weighted by molar-refractivity contribution is 7.98. The smallest absolute Gasteiger partial charge is 0.0633 e. The number of benzene rings is 1. The number of piperazine rings is 1. The summed E-state index contributed by atoms with van der Waals surface area (Å²) in [6.45, 7) is 3.89. The van der Waals surface area contributed by atoms with E-state index in [-0.39, 0.29) is 0 Å². The van der Waals surface area contributed by atoms with Crippen LogP contribution in [0.2, 0.25) is 0 Å². The van der Waals surface area contributed by atoms with Crippen LogP contribution in [0.4, 0.5) is 5.69 Å². The van der Waals surface area contributed by atoms with Crippen LogP contribution >= 0.6 is 11.8 Å². The van der Waals surface area contributed by atoms with E-state index in [1.54, 1.807) is 18.9 Å². The first-order chi connectivity index (χ1) is 8.33. The Bertz CT molecular complexity index is 340. The minimum absolute atomic E-state index is 0.439. The molecule has 4 heteroatoms. The van der Waals surface area contributed by atoms with Gasteiger partial charge in [-0.2, -0.15) is 0 Å². The second kappa shape index (κ2) is 6.28. The summed E-state index contributed by atoms with van der Waals surface area (Å²) in [5, 5.41) is 3.47. The molecule has 1 fully saturated rings. The molecular weight excluding hydrogens is 232 g/mol. The maximum Gasteiger partial charge on any atom is 0.0633 e. The Morgan fingerprint density at radius 2 is 2.18 bits per heavy atom. The third-order valence-corrected chi connectivity index (χ3v) is 3.80. The van der Waals surface area contributed by atoms with Crippen LogP contribution in [0.5, 0.6) is 0 Å². The van der Waals surface area contributed by atoms with E-state index >= 15 is 0 Å². The van der Waals surface area contributed by atoms with Crippen LogP contribution in [0.15, 0.2) is 29.2 Å². The van der Waals surface area contributed by atoms with E-state index < -0.39 is 0 Å². The molecule has 0 spiro atoms. The first-order valence-electron chi connectivity index (χ1n) is 5.95. The Kier molecular flexibility index (Phi) is 4.71. The average molecular weight is 252 g/mol. The summed E-state index contributed by atoms with van der Waals surface area (Å²) in [4.78, 5) is 3.74. The lowest BCUT2D eigenvalue weighted by Crippen LogP contribution is -2.52. The van der Waals surface area contributed by atoms with E-state index in [4.69, 9.17) is 4.74 Å². The predicted octanol–water partition coefficient (Wildman–Crippen LogP) is 1.83. The van der Waals surface area contributed by atoms with E-state index in [1.807, 2.05) is 0 Å². The molecule has 1 saturated heterocycles. The summed E-state index contributed by atoms with van der Waals surface area (Å²) in [5.74, 6) is 0. The molecule has 94 valence electrons. The zero-order valence-electron chi connectivity index (χ0n) is 10.5. The van der Waals surface area contributed by atoms with E-state index in [0.717, 1.165) is 26.2 Å². The third kappa shape index (κ3) is 3.37. The van der Waals surface area contributed by atoms with Gasteiger partial charge >= 0.3 is 0 Å². The van der Waals surface area contributed by atoms with Crippen molar-refractivity contribution >= 4 is 17.4 Å². The average Bonchev–Trinajstić information content (AvgIpc) is 2.40. The first kappa shape index (κ1) is 12.7. The Morgan fingerprint density at radius 3 is 2.82 bits per heavy atom. The van der Waals surface area contributed by atoms with E-state index in [0.29, 0.717) is 6.04 Å². The molecule has 1 heterocycles. The van der Waals surface area contributed by atoms with Gasteiger partial charge in [0.2, 0.25) is 0 Å². The van der Waals surface area contributed by atoms with Crippen LogP contribution in [0.3, 0.4) is 0 Å². The molecular formula is C13H20N2OS. The van der Waals surface area contributed by atoms with E-state index in [9.17, 15) is 0 Å². The SMILES string of the molecule is COCC1CN(c2ccc(SC)cc2)CCN1. The molecule has 1 aliphatic heterocycles. The van der Waals surface area contributed by atoms with Gasteiger partial charge in [-0.15, -0.1) is 11.8 Å². The highest BCUT2D eigenvalue weighted by Crippen LogP contribution is 2.21. The number of nitrogens with one attached hydrogen (secondary N) is 1. The monoisotopic (exact) mass is 252 g/mol. The van der Waals surface area contributed by atoms with Crippen LogP contribution in [0, 0.1) is 0 Å². The second-order valence-corrected chi connectivity index (χ2v) is 5.13. The van der Waals surface area contributed by atoms with Gasteiger partial charge in [0.25, 0.3) is 0 Å². The maximum absolute atomic E-state index is 5.21. The normalized spacial score (nSPS) is 20.6. The molecule has 0 amide bonds. The molecule has 2 rings (SSSR count). The van der Waals surface area contributed by atoms with Gasteiger partial charge in [0.15, 0.2) is 0 Å². The number of hydrogen-bond acceptors (Lipinski definition) is 4. The van der Waals surface area contributed by atoms with Crippen molar-refractivity contribution in [2.75, 3.05) is 44.5 Å². The number of ether oxygens (including phenoxy) is 1. The van der Waals surface area contributed by atoms with Crippen molar-refractivity contribution in [2.24, 2.45) is 0 Å². The molecule has 0 saturated carbocycles. The number of methoxy groups -OCH3 is 1. The molecule has 0 radical (unpaired) electrons. The third-order valence-electron chi connectivity index (χ3n) is 3.06. The van der Waals surface area contributed by atoms with Gasteiger partial charge < -0.3 is 15.0 Å². The zero-order valence-corrected chi connectivity index (χ0v) is 11.3. The van der Waals surface area contributed by atoms with Crippen molar-refractivity contribution in [1.82, 2.24) is 5.32 Å². The van der Waals surface area contributed by atoms with Crippen LogP contribution < -0.4 is 10.2 Å². The lowest BCUT2D eigenvalue weighted by atomic mass is 10.2. The van der Waals surface area contributed by atoms with Crippen molar-refractivity contribution in [2.45, 2.75) is 10.9 Å². The highest BCUT2D eigenvalue weighted by atomic mass is 32.2. The first-order valence-corrected chi connectivity index (χ1v) is 7.17. The number of anilines is 1. The quantitative estimate of drug-likeness (QED) is 0.826. The summed E-state index contributed by atoms with van der Waals surface area (Å²) in [6.07, 6.45) is 2.11. The van der Waals surface area contributed by atoms with Gasteiger partial charge in [0, 0.05) is 43.4 Å². The van der Waals surface area contributed by atoms with Gasteiger partial charge in [0.05, 0.1) is 6.61 Å². The molecule has 1 unspecified atom stereocenters. The van der Waals surface area contributed by atoms with Crippen LogP contribution in [0.25, 0.3) is 0 Å². The standard InChI is InChI=1S/C13H20N2OS/c1-16-10-11-9-15(8-7-14-11)12-3-5-13(17-2)6-4-12/h3-6,11,14H,7-10H2,1-2H3. The summed E-state index contributed by atoms with van der Waals surface area (Å²) in [5.41, 5.74) is 1.31. The fourth-order valence-corrected chi connectivity index (χ4v) is 2.57. The Labute approximate surface area is 108 Å². The van der Waals surface area contributed by atoms with Crippen molar-refractivity contribution in [1.29, 1.82) is 0 Å². The van der Waals surface area contributed by atoms with Gasteiger partial charge in [-0.1, -0.05) is 0 Å². The number of thioether (sulfide) groups is 1. The fourth-order valence-electron chi connectivity index (χ4n) is 2.17. The summed E-state index contributed by atoms with van der Waals surface area (Å²) < 4.78 is 5.21. The van der Waals surface area contributed by atoms with Crippen molar-refractivity contribution in [3.63, 3.8) is 0 Å². The predicted molar refractivity (Wildman–Crippen MR) is 74.1 cm³/mol. The Morgan fingerprint density at radius 1 is 1.41 bits per heavy atom. The summed E-state index contributed by atoms with van der Waals surface area (Å²) >= 11 is 1.78. The molecule has 1 aromatic carbocycles. The Balaban J connectivity index is 2.00. The number of hydrogen-bond donors (Lipinski definition) is 1. The largest absolute Gasteiger partial charge is 0.383 e.